The summed E-state index contributed by atoms with van der Waals surface area (Å²) in [6, 6.07) is 3.48. The zero-order valence-corrected chi connectivity index (χ0v) is 11.3. The predicted molar refractivity (Wildman–Crippen MR) is 68.8 cm³/mol. The van der Waals surface area contributed by atoms with E-state index in [4.69, 9.17) is 0 Å². The minimum atomic E-state index is -1.15. The Kier molecular flexibility index (Phi) is 5.00. The van der Waals surface area contributed by atoms with Gasteiger partial charge in [-0.3, -0.25) is 4.79 Å². The fourth-order valence-electron chi connectivity index (χ4n) is 1.97. The van der Waals surface area contributed by atoms with Gasteiger partial charge in [-0.05, 0) is 30.9 Å². The van der Waals surface area contributed by atoms with E-state index in [-0.39, 0.29) is 17.5 Å². The Morgan fingerprint density at radius 1 is 1.42 bits per heavy atom. The number of carbonyl (C=O) groups is 1. The van der Waals surface area contributed by atoms with Gasteiger partial charge in [-0.25, -0.2) is 8.78 Å². The fourth-order valence-corrected chi connectivity index (χ4v) is 1.97. The summed E-state index contributed by atoms with van der Waals surface area (Å²) in [5.41, 5.74) is -0.638. The van der Waals surface area contributed by atoms with E-state index in [1.807, 2.05) is 13.8 Å². The average molecular weight is 271 g/mol. The molecule has 0 saturated carbocycles. The first kappa shape index (κ1) is 15.6. The van der Waals surface area contributed by atoms with E-state index >= 15 is 0 Å². The molecule has 0 spiro atoms. The van der Waals surface area contributed by atoms with Crippen LogP contribution in [0.15, 0.2) is 18.2 Å². The standard InChI is InChI=1S/C14H19F2NO2/c1-9(18)7-14(2,3)8-17-13(19)10-5-4-6-11(15)12(10)16/h4-6,9,18H,7-8H2,1-3H3,(H,17,19). The highest BCUT2D eigenvalue weighted by Crippen LogP contribution is 2.21. The van der Waals surface area contributed by atoms with Gasteiger partial charge < -0.3 is 10.4 Å². The van der Waals surface area contributed by atoms with E-state index in [0.29, 0.717) is 6.42 Å². The van der Waals surface area contributed by atoms with Crippen molar-refractivity contribution in [2.75, 3.05) is 6.54 Å². The molecule has 2 N–H and O–H groups in total. The Balaban J connectivity index is 2.68. The number of aliphatic hydroxyl groups is 1. The van der Waals surface area contributed by atoms with E-state index < -0.39 is 23.6 Å². The van der Waals surface area contributed by atoms with E-state index in [9.17, 15) is 18.7 Å². The Labute approximate surface area is 111 Å². The Morgan fingerprint density at radius 2 is 2.05 bits per heavy atom. The van der Waals surface area contributed by atoms with Gasteiger partial charge in [-0.15, -0.1) is 0 Å². The summed E-state index contributed by atoms with van der Waals surface area (Å²) >= 11 is 0. The third-order valence-electron chi connectivity index (χ3n) is 2.77. The summed E-state index contributed by atoms with van der Waals surface area (Å²) in [5.74, 6) is -2.85. The maximum absolute atomic E-state index is 13.4. The molecule has 0 fully saturated rings. The molecule has 5 heteroatoms. The minimum absolute atomic E-state index is 0.271. The van der Waals surface area contributed by atoms with Crippen molar-refractivity contribution in [1.82, 2.24) is 5.32 Å². The molecule has 0 aliphatic rings. The number of nitrogens with one attached hydrogen (secondary N) is 1. The van der Waals surface area contributed by atoms with Crippen LogP contribution in [0.3, 0.4) is 0 Å². The summed E-state index contributed by atoms with van der Waals surface area (Å²) in [7, 11) is 0. The van der Waals surface area contributed by atoms with Crippen LogP contribution in [-0.4, -0.2) is 23.7 Å². The molecule has 0 aliphatic carbocycles. The molecule has 0 aromatic heterocycles. The summed E-state index contributed by atoms with van der Waals surface area (Å²) < 4.78 is 26.4. The zero-order chi connectivity index (χ0) is 14.6. The smallest absolute Gasteiger partial charge is 0.254 e. The first-order valence-electron chi connectivity index (χ1n) is 6.13. The molecular formula is C14H19F2NO2. The molecule has 0 bridgehead atoms. The molecule has 1 rings (SSSR count). The third kappa shape index (κ3) is 4.59. The van der Waals surface area contributed by atoms with Crippen LogP contribution in [0.1, 0.15) is 37.6 Å². The number of carbonyl (C=O) groups excluding carboxylic acids is 1. The van der Waals surface area contributed by atoms with Gasteiger partial charge in [0.25, 0.3) is 5.91 Å². The van der Waals surface area contributed by atoms with Crippen molar-refractivity contribution in [3.8, 4) is 0 Å². The molecule has 106 valence electrons. The number of halogens is 2. The summed E-state index contributed by atoms with van der Waals surface area (Å²) in [4.78, 5) is 11.8. The number of amides is 1. The van der Waals surface area contributed by atoms with Crippen LogP contribution in [0.4, 0.5) is 8.78 Å². The van der Waals surface area contributed by atoms with E-state index in [0.717, 1.165) is 6.07 Å². The van der Waals surface area contributed by atoms with Gasteiger partial charge >= 0.3 is 0 Å². The molecule has 1 unspecified atom stereocenters. The predicted octanol–water partition coefficient (Wildman–Crippen LogP) is 2.49. The van der Waals surface area contributed by atoms with Gasteiger partial charge in [-0.1, -0.05) is 19.9 Å². The molecule has 0 radical (unpaired) electrons. The molecule has 1 atom stereocenters. The molecule has 1 aromatic carbocycles. The number of benzene rings is 1. The molecule has 0 saturated heterocycles. The topological polar surface area (TPSA) is 49.3 Å². The quantitative estimate of drug-likeness (QED) is 0.864. The van der Waals surface area contributed by atoms with Crippen LogP contribution in [0.2, 0.25) is 0 Å². The van der Waals surface area contributed by atoms with Gasteiger partial charge in [0.15, 0.2) is 11.6 Å². The highest BCUT2D eigenvalue weighted by molar-refractivity contribution is 5.94. The molecule has 1 amide bonds. The van der Waals surface area contributed by atoms with Crippen LogP contribution in [0.5, 0.6) is 0 Å². The number of rotatable bonds is 5. The highest BCUT2D eigenvalue weighted by Gasteiger charge is 2.22. The maximum Gasteiger partial charge on any atom is 0.254 e. The average Bonchev–Trinajstić information content (AvgIpc) is 2.28. The van der Waals surface area contributed by atoms with E-state index in [2.05, 4.69) is 5.32 Å². The van der Waals surface area contributed by atoms with Crippen LogP contribution in [-0.2, 0) is 0 Å². The molecule has 0 heterocycles. The lowest BCUT2D eigenvalue weighted by Crippen LogP contribution is -2.36. The van der Waals surface area contributed by atoms with Crippen molar-refractivity contribution in [3.05, 3.63) is 35.4 Å². The molecule has 1 aromatic rings. The second kappa shape index (κ2) is 6.10. The van der Waals surface area contributed by atoms with Crippen molar-refractivity contribution < 1.29 is 18.7 Å². The lowest BCUT2D eigenvalue weighted by atomic mass is 9.87. The van der Waals surface area contributed by atoms with Gasteiger partial charge in [0.2, 0.25) is 0 Å². The van der Waals surface area contributed by atoms with Gasteiger partial charge in [0, 0.05) is 6.54 Å². The van der Waals surface area contributed by atoms with Crippen molar-refractivity contribution in [2.45, 2.75) is 33.3 Å². The fraction of sp³-hybridized carbons (Fsp3) is 0.500. The molecule has 19 heavy (non-hydrogen) atoms. The maximum atomic E-state index is 13.4. The first-order chi connectivity index (χ1) is 8.73. The summed E-state index contributed by atoms with van der Waals surface area (Å²) in [5, 5.41) is 11.9. The summed E-state index contributed by atoms with van der Waals surface area (Å²) in [6.07, 6.45) is 0.0108. The van der Waals surface area contributed by atoms with Crippen molar-refractivity contribution in [1.29, 1.82) is 0 Å². The van der Waals surface area contributed by atoms with Gasteiger partial charge in [-0.2, -0.15) is 0 Å². The van der Waals surface area contributed by atoms with Crippen molar-refractivity contribution in [2.24, 2.45) is 5.41 Å². The Bertz CT molecular complexity index is 459. The van der Waals surface area contributed by atoms with Crippen LogP contribution < -0.4 is 5.32 Å². The lowest BCUT2D eigenvalue weighted by molar-refractivity contribution is 0.0897. The lowest BCUT2D eigenvalue weighted by Gasteiger charge is -2.26. The Hall–Kier alpha value is -1.49. The normalized spacial score (nSPS) is 13.2. The molecular weight excluding hydrogens is 252 g/mol. The second-order valence-corrected chi connectivity index (χ2v) is 5.50. The third-order valence-corrected chi connectivity index (χ3v) is 2.77. The largest absolute Gasteiger partial charge is 0.393 e. The minimum Gasteiger partial charge on any atom is -0.393 e. The van der Waals surface area contributed by atoms with Crippen LogP contribution in [0, 0.1) is 17.0 Å². The first-order valence-corrected chi connectivity index (χ1v) is 6.13. The van der Waals surface area contributed by atoms with Gasteiger partial charge in [0.05, 0.1) is 11.7 Å². The van der Waals surface area contributed by atoms with Crippen LogP contribution >= 0.6 is 0 Å². The van der Waals surface area contributed by atoms with Gasteiger partial charge in [0.1, 0.15) is 0 Å². The monoisotopic (exact) mass is 271 g/mol. The number of hydrogen-bond acceptors (Lipinski definition) is 2. The summed E-state index contributed by atoms with van der Waals surface area (Å²) in [6.45, 7) is 5.69. The Morgan fingerprint density at radius 3 is 2.63 bits per heavy atom. The second-order valence-electron chi connectivity index (χ2n) is 5.50. The number of hydrogen-bond donors (Lipinski definition) is 2. The molecule has 3 nitrogen and oxygen atoms in total. The SMILES string of the molecule is CC(O)CC(C)(C)CNC(=O)c1cccc(F)c1F. The van der Waals surface area contributed by atoms with Crippen molar-refractivity contribution in [3.63, 3.8) is 0 Å². The zero-order valence-electron chi connectivity index (χ0n) is 11.3. The highest BCUT2D eigenvalue weighted by atomic mass is 19.2. The van der Waals surface area contributed by atoms with Crippen molar-refractivity contribution >= 4 is 5.91 Å². The van der Waals surface area contributed by atoms with E-state index in [1.165, 1.54) is 12.1 Å². The van der Waals surface area contributed by atoms with E-state index in [1.54, 1.807) is 6.92 Å². The van der Waals surface area contributed by atoms with Crippen LogP contribution in [0.25, 0.3) is 0 Å². The number of aliphatic hydroxyl groups excluding tert-OH is 1. The molecule has 0 aliphatic heterocycles.